The predicted molar refractivity (Wildman–Crippen MR) is 74.4 cm³/mol. The second kappa shape index (κ2) is 6.23. The Balaban J connectivity index is 2.15. The predicted octanol–water partition coefficient (Wildman–Crippen LogP) is -0.673. The monoisotopic (exact) mass is 321 g/mol. The second-order valence-electron chi connectivity index (χ2n) is 4.48. The summed E-state index contributed by atoms with van der Waals surface area (Å²) >= 11 is 5.66. The number of pyridine rings is 1. The summed E-state index contributed by atoms with van der Waals surface area (Å²) in [6, 6.07) is 1.16. The van der Waals surface area contributed by atoms with E-state index in [-0.39, 0.29) is 16.5 Å². The molecule has 0 unspecified atom stereocenters. The number of nitrogens with one attached hydrogen (secondary N) is 1. The Labute approximate surface area is 121 Å². The smallest absolute Gasteiger partial charge is 0.266 e. The molecule has 0 spiro atoms. The highest BCUT2D eigenvalue weighted by Crippen LogP contribution is 2.18. The van der Waals surface area contributed by atoms with Crippen molar-refractivity contribution >= 4 is 21.6 Å². The van der Waals surface area contributed by atoms with Crippen LogP contribution in [0, 0.1) is 0 Å². The average molecular weight is 322 g/mol. The third-order valence-electron chi connectivity index (χ3n) is 3.22. The van der Waals surface area contributed by atoms with Crippen molar-refractivity contribution in [3.63, 3.8) is 0 Å². The molecule has 0 amide bonds. The zero-order valence-electron chi connectivity index (χ0n) is 10.7. The molecule has 1 aliphatic rings. The summed E-state index contributed by atoms with van der Waals surface area (Å²) in [5.41, 5.74) is -0.515. The summed E-state index contributed by atoms with van der Waals surface area (Å²) in [6.07, 6.45) is 1.16. The Hall–Kier alpha value is -0.930. The Bertz CT molecular complexity index is 623. The van der Waals surface area contributed by atoms with Crippen LogP contribution in [-0.2, 0) is 10.0 Å². The highest BCUT2D eigenvalue weighted by atomic mass is 35.5. The van der Waals surface area contributed by atoms with E-state index in [4.69, 9.17) is 16.7 Å². The van der Waals surface area contributed by atoms with Gasteiger partial charge in [0, 0.05) is 38.9 Å². The molecule has 1 aromatic heterocycles. The van der Waals surface area contributed by atoms with Crippen LogP contribution in [0.5, 0.6) is 0 Å². The first-order valence-electron chi connectivity index (χ1n) is 6.17. The zero-order valence-corrected chi connectivity index (χ0v) is 12.3. The summed E-state index contributed by atoms with van der Waals surface area (Å²) in [4.78, 5) is 15.4. The van der Waals surface area contributed by atoms with E-state index in [2.05, 4.69) is 4.98 Å². The number of hydrogen-bond acceptors (Lipinski definition) is 5. The molecular weight excluding hydrogens is 306 g/mol. The number of aliphatic hydroxyl groups is 1. The summed E-state index contributed by atoms with van der Waals surface area (Å²) in [5.74, 6) is 0. The minimum atomic E-state index is -3.65. The molecule has 2 heterocycles. The van der Waals surface area contributed by atoms with Crippen molar-refractivity contribution in [1.29, 1.82) is 0 Å². The second-order valence-corrected chi connectivity index (χ2v) is 6.83. The van der Waals surface area contributed by atoms with Crippen molar-refractivity contribution in [3.8, 4) is 0 Å². The highest BCUT2D eigenvalue weighted by molar-refractivity contribution is 7.89. The van der Waals surface area contributed by atoms with Crippen LogP contribution in [0.15, 0.2) is 22.0 Å². The Kier molecular flexibility index (Phi) is 4.82. The van der Waals surface area contributed by atoms with Crippen LogP contribution in [-0.4, -0.2) is 67.0 Å². The van der Waals surface area contributed by atoms with E-state index in [1.165, 1.54) is 4.31 Å². The Morgan fingerprint density at radius 1 is 1.30 bits per heavy atom. The van der Waals surface area contributed by atoms with Gasteiger partial charge in [0.1, 0.15) is 5.02 Å². The zero-order chi connectivity index (χ0) is 14.8. The number of nitrogens with zero attached hydrogens (tertiary/aromatic N) is 2. The number of sulfonamides is 1. The standard InChI is InChI=1S/C11H16ClN3O4S/c12-10-7-9(8-13-11(10)17)20(18,19)15-3-1-14(2-4-15)5-6-16/h7-8,16H,1-6H2,(H,13,17). The number of hydrogen-bond donors (Lipinski definition) is 2. The Morgan fingerprint density at radius 3 is 2.50 bits per heavy atom. The van der Waals surface area contributed by atoms with Crippen molar-refractivity contribution in [2.24, 2.45) is 0 Å². The van der Waals surface area contributed by atoms with Gasteiger partial charge in [0.05, 0.1) is 11.5 Å². The lowest BCUT2D eigenvalue weighted by Crippen LogP contribution is -2.49. The molecule has 1 saturated heterocycles. The third-order valence-corrected chi connectivity index (χ3v) is 5.37. The van der Waals surface area contributed by atoms with E-state index >= 15 is 0 Å². The molecule has 0 aromatic carbocycles. The average Bonchev–Trinajstić information content (AvgIpc) is 2.43. The van der Waals surface area contributed by atoms with Crippen molar-refractivity contribution in [2.75, 3.05) is 39.3 Å². The lowest BCUT2D eigenvalue weighted by Gasteiger charge is -2.33. The van der Waals surface area contributed by atoms with Gasteiger partial charge in [-0.2, -0.15) is 4.31 Å². The first kappa shape index (κ1) is 15.5. The fourth-order valence-corrected chi connectivity index (χ4v) is 3.72. The van der Waals surface area contributed by atoms with Crippen molar-refractivity contribution in [1.82, 2.24) is 14.2 Å². The van der Waals surface area contributed by atoms with Crippen molar-refractivity contribution in [2.45, 2.75) is 4.90 Å². The van der Waals surface area contributed by atoms with Gasteiger partial charge in [-0.05, 0) is 6.07 Å². The van der Waals surface area contributed by atoms with Gasteiger partial charge < -0.3 is 10.1 Å². The van der Waals surface area contributed by atoms with E-state index in [1.807, 2.05) is 4.90 Å². The molecule has 1 fully saturated rings. The largest absolute Gasteiger partial charge is 0.395 e. The van der Waals surface area contributed by atoms with Crippen LogP contribution in [0.3, 0.4) is 0 Å². The van der Waals surface area contributed by atoms with Gasteiger partial charge in [-0.15, -0.1) is 0 Å². The summed E-state index contributed by atoms with van der Waals surface area (Å²) < 4.78 is 26.1. The normalized spacial score (nSPS) is 18.3. The SMILES string of the molecule is O=c1[nH]cc(S(=O)(=O)N2CCN(CCO)CC2)cc1Cl. The number of aromatic nitrogens is 1. The Morgan fingerprint density at radius 2 is 1.95 bits per heavy atom. The van der Waals surface area contributed by atoms with E-state index < -0.39 is 15.6 Å². The van der Waals surface area contributed by atoms with Gasteiger partial charge in [0.15, 0.2) is 0 Å². The van der Waals surface area contributed by atoms with Crippen LogP contribution in [0.2, 0.25) is 5.02 Å². The molecule has 0 radical (unpaired) electrons. The maximum Gasteiger partial charge on any atom is 0.266 e. The van der Waals surface area contributed by atoms with Crippen LogP contribution in [0.1, 0.15) is 0 Å². The fraction of sp³-hybridized carbons (Fsp3) is 0.545. The maximum absolute atomic E-state index is 12.4. The first-order chi connectivity index (χ1) is 9.45. The molecule has 0 saturated carbocycles. The third kappa shape index (κ3) is 3.21. The molecule has 2 N–H and O–H groups in total. The minimum Gasteiger partial charge on any atom is -0.395 e. The van der Waals surface area contributed by atoms with Crippen LogP contribution >= 0.6 is 11.6 Å². The van der Waals surface area contributed by atoms with Gasteiger partial charge in [0.2, 0.25) is 10.0 Å². The van der Waals surface area contributed by atoms with E-state index in [0.717, 1.165) is 12.3 Å². The quantitative estimate of drug-likeness (QED) is 0.767. The molecule has 112 valence electrons. The van der Waals surface area contributed by atoms with Crippen LogP contribution in [0.25, 0.3) is 0 Å². The lowest BCUT2D eigenvalue weighted by atomic mass is 10.4. The molecule has 2 rings (SSSR count). The highest BCUT2D eigenvalue weighted by Gasteiger charge is 2.28. The minimum absolute atomic E-state index is 0.0160. The number of aromatic amines is 1. The molecule has 9 heteroatoms. The van der Waals surface area contributed by atoms with Gasteiger partial charge in [-0.25, -0.2) is 8.42 Å². The van der Waals surface area contributed by atoms with Gasteiger partial charge >= 0.3 is 0 Å². The van der Waals surface area contributed by atoms with E-state index in [9.17, 15) is 13.2 Å². The number of H-pyrrole nitrogens is 1. The van der Waals surface area contributed by atoms with Gasteiger partial charge in [-0.1, -0.05) is 11.6 Å². The number of β-amino-alcohol motifs (C(OH)–C–C–N with tert-alkyl or cyclic N) is 1. The van der Waals surface area contributed by atoms with E-state index in [0.29, 0.717) is 32.7 Å². The summed E-state index contributed by atoms with van der Waals surface area (Å²) in [6.45, 7) is 2.42. The van der Waals surface area contributed by atoms with Crippen molar-refractivity contribution < 1.29 is 13.5 Å². The molecular formula is C11H16ClN3O4S. The van der Waals surface area contributed by atoms with Gasteiger partial charge in [0.25, 0.3) is 5.56 Å². The molecule has 20 heavy (non-hydrogen) atoms. The topological polar surface area (TPSA) is 93.7 Å². The van der Waals surface area contributed by atoms with Crippen LogP contribution in [0.4, 0.5) is 0 Å². The molecule has 1 aromatic rings. The maximum atomic E-state index is 12.4. The summed E-state index contributed by atoms with van der Waals surface area (Å²) in [5, 5.41) is 8.71. The molecule has 0 atom stereocenters. The molecule has 0 bridgehead atoms. The van der Waals surface area contributed by atoms with Crippen molar-refractivity contribution in [3.05, 3.63) is 27.6 Å². The van der Waals surface area contributed by atoms with Crippen LogP contribution < -0.4 is 5.56 Å². The van der Waals surface area contributed by atoms with E-state index in [1.54, 1.807) is 0 Å². The van der Waals surface area contributed by atoms with Gasteiger partial charge in [-0.3, -0.25) is 9.69 Å². The lowest BCUT2D eigenvalue weighted by molar-refractivity contribution is 0.151. The number of piperazine rings is 1. The molecule has 1 aliphatic heterocycles. The number of halogens is 1. The first-order valence-corrected chi connectivity index (χ1v) is 7.98. The number of rotatable bonds is 4. The summed E-state index contributed by atoms with van der Waals surface area (Å²) in [7, 11) is -3.65. The number of aliphatic hydroxyl groups excluding tert-OH is 1. The fourth-order valence-electron chi connectivity index (χ4n) is 2.07. The molecule has 7 nitrogen and oxygen atoms in total. The molecule has 0 aliphatic carbocycles.